The van der Waals surface area contributed by atoms with E-state index in [0.717, 1.165) is 80.0 Å². The van der Waals surface area contributed by atoms with Crippen molar-refractivity contribution in [2.24, 2.45) is 35.5 Å². The van der Waals surface area contributed by atoms with Crippen molar-refractivity contribution >= 4 is 33.4 Å². The van der Waals surface area contributed by atoms with Crippen molar-refractivity contribution in [3.63, 3.8) is 0 Å². The van der Waals surface area contributed by atoms with Crippen molar-refractivity contribution in [1.29, 1.82) is 0 Å². The summed E-state index contributed by atoms with van der Waals surface area (Å²) in [7, 11) is 0. The number of ketones is 2. The van der Waals surface area contributed by atoms with Crippen LogP contribution in [0, 0.1) is 101 Å². The molecule has 0 unspecified atom stereocenters. The molecule has 0 fully saturated rings. The predicted octanol–water partition coefficient (Wildman–Crippen LogP) is 28.8. The van der Waals surface area contributed by atoms with Gasteiger partial charge in [-0.05, 0) is 187 Å². The van der Waals surface area contributed by atoms with E-state index in [9.17, 15) is 19.8 Å². The number of aliphatic hydroxyl groups is 2. The summed E-state index contributed by atoms with van der Waals surface area (Å²) in [6, 6.07) is 76.1. The Hall–Kier alpha value is -8.10. The number of carbonyl (C=O) groups is 2. The molecule has 0 saturated carbocycles. The number of allylic oxidation sites excluding steroid dienone is 4. The monoisotopic (exact) mass is 2340 g/mol. The van der Waals surface area contributed by atoms with Crippen LogP contribution >= 0.6 is 0 Å². The first kappa shape index (κ1) is 104. The number of aryl methyl sites for hydroxylation is 6. The molecule has 8 aromatic carbocycles. The maximum Gasteiger partial charge on any atom is 0.159 e. The Bertz CT molecular complexity index is 5450. The van der Waals surface area contributed by atoms with E-state index >= 15 is 0 Å². The largest absolute Gasteiger partial charge is 0.512 e. The van der Waals surface area contributed by atoms with E-state index in [2.05, 4.69) is 266 Å². The van der Waals surface area contributed by atoms with Gasteiger partial charge in [-0.1, -0.05) is 238 Å². The third-order valence-corrected chi connectivity index (χ3v) is 21.2. The molecule has 652 valence electrons. The number of hydrogen-bond donors (Lipinski definition) is 2. The number of benzene rings is 8. The molecule has 4 radical (unpaired) electrons. The topological polar surface area (TPSA) is 126 Å². The van der Waals surface area contributed by atoms with Crippen molar-refractivity contribution in [1.82, 2.24) is 19.9 Å². The number of aliphatic hydroxyl groups excluding tert-OH is 2. The molecule has 2 N–H and O–H groups in total. The zero-order valence-electron chi connectivity index (χ0n) is 76.6. The van der Waals surface area contributed by atoms with Crippen LogP contribution in [0.15, 0.2) is 212 Å². The van der Waals surface area contributed by atoms with E-state index < -0.39 is 0 Å². The molecule has 14 rings (SSSR count). The van der Waals surface area contributed by atoms with Crippen LogP contribution in [0.5, 0.6) is 0 Å². The molecule has 12 heteroatoms. The average Bonchev–Trinajstić information content (AvgIpc) is 1.57. The molecule has 0 saturated heterocycles. The Balaban J connectivity index is 0.000000272. The number of carbonyl (C=O) groups excluding carboxylic acids is 2. The smallest absolute Gasteiger partial charge is 0.159 e. The van der Waals surface area contributed by atoms with Crippen LogP contribution in [-0.2, 0) is 119 Å². The second-order valence-corrected chi connectivity index (χ2v) is 37.3. The van der Waals surface area contributed by atoms with E-state index in [1.54, 1.807) is 0 Å². The van der Waals surface area contributed by atoms with Crippen LogP contribution in [-0.4, -0.2) is 41.7 Å². The van der Waals surface area contributed by atoms with Crippen LogP contribution in [0.25, 0.3) is 89.1 Å². The molecule has 2 aliphatic rings. The fraction of sp³-hybridized carbons (Fsp3) is 0.364. The number of pyridine rings is 4. The summed E-state index contributed by atoms with van der Waals surface area (Å²) in [6.07, 6.45) is 10.8. The van der Waals surface area contributed by atoms with E-state index in [4.69, 9.17) is 9.97 Å². The molecular formula is C110H128Ir4N4O4-4. The van der Waals surface area contributed by atoms with Gasteiger partial charge in [0.15, 0.2) is 11.6 Å². The summed E-state index contributed by atoms with van der Waals surface area (Å²) < 4.78 is 0. The van der Waals surface area contributed by atoms with Gasteiger partial charge in [0.2, 0.25) is 0 Å². The SMILES string of the molecule is CC(C)(C)c1ccnc(-c2[c-]cccc2)c1.CC(C)CC(=O)C=C(O)CC(C)C.CC(C)CC(=O)C=C(O)CC(C)C.Cc1[c-]c(-c2cc(CC(C)C)c3cc4c(cc3n2)C(C)(C)c2cc(C)ccc2-4)cc(C)c1.Cc1[c-]c(-c2cc(CC(C)C)c3cc4c(cc3n2)C(C)(C)c2ccccc2-4)cc(C)c1.Cc1ccc(-c2[c-]cccc2)nc1.[Ir].[Ir].[Ir].[Ir]. The minimum Gasteiger partial charge on any atom is -0.512 e. The van der Waals surface area contributed by atoms with Crippen LogP contribution in [0.2, 0.25) is 0 Å². The molecular weight excluding hydrogens is 2210 g/mol. The predicted molar refractivity (Wildman–Crippen MR) is 498 cm³/mol. The number of nitrogens with zero attached hydrogens (tertiary/aromatic N) is 4. The van der Waals surface area contributed by atoms with Crippen LogP contribution in [0.1, 0.15) is 230 Å². The number of rotatable bonds is 18. The van der Waals surface area contributed by atoms with Crippen LogP contribution < -0.4 is 0 Å². The maximum absolute atomic E-state index is 11.2. The van der Waals surface area contributed by atoms with Gasteiger partial charge in [0.25, 0.3) is 0 Å². The van der Waals surface area contributed by atoms with E-state index in [1.165, 1.54) is 106 Å². The number of aromatic nitrogens is 4. The second-order valence-electron chi connectivity index (χ2n) is 37.3. The van der Waals surface area contributed by atoms with Crippen molar-refractivity contribution < 1.29 is 100 Å². The molecule has 4 aromatic heterocycles. The van der Waals surface area contributed by atoms with Gasteiger partial charge in [-0.15, -0.1) is 142 Å². The molecule has 122 heavy (non-hydrogen) atoms. The quantitative estimate of drug-likeness (QED) is 0.0494. The molecule has 0 atom stereocenters. The normalized spacial score (nSPS) is 12.5. The molecule has 12 aromatic rings. The molecule has 0 amide bonds. The maximum atomic E-state index is 11.2. The summed E-state index contributed by atoms with van der Waals surface area (Å²) in [4.78, 5) is 41.5. The number of fused-ring (bicyclic) bond motifs is 8. The van der Waals surface area contributed by atoms with Gasteiger partial charge in [-0.2, -0.15) is 0 Å². The third kappa shape index (κ3) is 29.0. The standard InChI is InChI=1S/C31H32N.C30H30N.C15H16N.C12H10N.2C11H20O2.4Ir/c1-18(2)10-22-15-29(23-12-20(4)11-21(5)13-23)32-30-17-28-26(16-25(22)30)24-9-8-19(3)14-27(24)31(28,6)7;1-18(2)11-21-15-28(22-13-19(3)12-20(4)14-22)31-29-17-27-25(16-24(21)29)23-9-7-8-10-26(23)30(27,5)6;1-15(2,3)13-9-10-16-14(11-13)12-7-5-4-6-8-12;1-10-7-8-12(13-9-10)11-5-3-2-4-6-11;2*1-8(2)5-10(12)7-11(13)6-9(3)4;;;;/h8-9,11-12,14-18H,10H2,1-7H3;7-10,12-13,15-18H,11H2,1-6H3;4-7,9-11H,1-3H3;2-5,7-9H,1H3;2*7-9,12H,5-6H2,1-4H3;;;;/q4*-1;;;;;;. The number of hydrogen-bond acceptors (Lipinski definition) is 8. The van der Waals surface area contributed by atoms with Crippen molar-refractivity contribution in [3.05, 3.63) is 309 Å². The fourth-order valence-corrected chi connectivity index (χ4v) is 15.7. The van der Waals surface area contributed by atoms with Gasteiger partial charge >= 0.3 is 0 Å². The summed E-state index contributed by atoms with van der Waals surface area (Å²) >= 11 is 0. The minimum absolute atomic E-state index is 0. The van der Waals surface area contributed by atoms with Crippen LogP contribution in [0.4, 0.5) is 0 Å². The van der Waals surface area contributed by atoms with E-state index in [-0.39, 0.29) is 120 Å². The molecule has 4 heterocycles. The summed E-state index contributed by atoms with van der Waals surface area (Å²) in [5.74, 6) is 3.12. The first-order valence-electron chi connectivity index (χ1n) is 42.5. The average molecular weight is 2340 g/mol. The zero-order chi connectivity index (χ0) is 86.3. The molecule has 8 nitrogen and oxygen atoms in total. The minimum atomic E-state index is -0.0210. The molecule has 0 aliphatic heterocycles. The molecule has 2 aliphatic carbocycles. The van der Waals surface area contributed by atoms with Gasteiger partial charge < -0.3 is 20.2 Å². The Morgan fingerprint density at radius 1 is 0.393 bits per heavy atom. The Labute approximate surface area is 785 Å². The summed E-state index contributed by atoms with van der Waals surface area (Å²) in [5.41, 5.74) is 33.1. The van der Waals surface area contributed by atoms with Crippen molar-refractivity contribution in [3.8, 4) is 67.3 Å². The Kier molecular flexibility index (Phi) is 40.0. The van der Waals surface area contributed by atoms with Gasteiger partial charge in [-0.25, -0.2) is 0 Å². The Morgan fingerprint density at radius 2 is 0.811 bits per heavy atom. The fourth-order valence-electron chi connectivity index (χ4n) is 15.7. The van der Waals surface area contributed by atoms with Gasteiger partial charge in [0.1, 0.15) is 0 Å². The Morgan fingerprint density at radius 3 is 1.22 bits per heavy atom. The zero-order valence-corrected chi connectivity index (χ0v) is 86.2. The first-order chi connectivity index (χ1) is 55.6. The van der Waals surface area contributed by atoms with E-state index in [1.807, 2.05) is 129 Å². The van der Waals surface area contributed by atoms with Crippen molar-refractivity contribution in [2.45, 2.75) is 228 Å². The van der Waals surface area contributed by atoms with Gasteiger partial charge in [0.05, 0.1) is 22.6 Å². The third-order valence-electron chi connectivity index (χ3n) is 21.2. The first-order valence-corrected chi connectivity index (χ1v) is 42.5. The summed E-state index contributed by atoms with van der Waals surface area (Å²) in [5, 5.41) is 21.3. The van der Waals surface area contributed by atoms with Crippen molar-refractivity contribution in [2.75, 3.05) is 0 Å². The van der Waals surface area contributed by atoms with Crippen LogP contribution in [0.3, 0.4) is 0 Å². The van der Waals surface area contributed by atoms with Gasteiger partial charge in [-0.3, -0.25) is 19.6 Å². The van der Waals surface area contributed by atoms with Gasteiger partial charge in [0, 0.05) is 152 Å². The van der Waals surface area contributed by atoms with E-state index in [0.29, 0.717) is 61.2 Å². The summed E-state index contributed by atoms with van der Waals surface area (Å²) in [6.45, 7) is 53.9. The second kappa shape index (κ2) is 46.7. The molecule has 0 bridgehead atoms. The molecule has 0 spiro atoms.